The van der Waals surface area contributed by atoms with Gasteiger partial charge in [0.05, 0.1) is 17.3 Å². The Labute approximate surface area is 118 Å². The molecule has 2 saturated carbocycles. The zero-order chi connectivity index (χ0) is 13.5. The predicted octanol–water partition coefficient (Wildman–Crippen LogP) is 2.64. The topological polar surface area (TPSA) is 46.4 Å². The van der Waals surface area contributed by atoms with Gasteiger partial charge in [0.2, 0.25) is 0 Å². The molecule has 2 fully saturated rings. The van der Waals surface area contributed by atoms with Crippen LogP contribution in [-0.2, 0) is 0 Å². The lowest BCUT2D eigenvalue weighted by atomic mass is 9.97. The Morgan fingerprint density at radius 3 is 3.15 bits per heavy atom. The van der Waals surface area contributed by atoms with Crippen molar-refractivity contribution in [3.05, 3.63) is 36.2 Å². The first-order chi connectivity index (χ1) is 9.83. The molecule has 1 N–H and O–H groups in total. The normalized spacial score (nSPS) is 28.7. The third-order valence-corrected chi connectivity index (χ3v) is 5.07. The standard InChI is InChI=1S/C16H19N3O/c20-16(13-10-17-19-9-2-1-6-15(13)19)18-14-8-7-11-4-3-5-12(11)14/h1-2,6,9-12,14H,3-5,7-8H2,(H,18,20)/t11-,12-,14-/m1/s1. The number of fused-ring (bicyclic) bond motifs is 2. The highest BCUT2D eigenvalue weighted by Crippen LogP contribution is 2.44. The van der Waals surface area contributed by atoms with E-state index in [1.165, 1.54) is 25.7 Å². The summed E-state index contributed by atoms with van der Waals surface area (Å²) >= 11 is 0. The molecular weight excluding hydrogens is 250 g/mol. The number of pyridine rings is 1. The molecule has 0 aliphatic heterocycles. The molecule has 20 heavy (non-hydrogen) atoms. The summed E-state index contributed by atoms with van der Waals surface area (Å²) in [4.78, 5) is 12.5. The molecule has 0 radical (unpaired) electrons. The van der Waals surface area contributed by atoms with Crippen LogP contribution >= 0.6 is 0 Å². The molecular formula is C16H19N3O. The van der Waals surface area contributed by atoms with E-state index >= 15 is 0 Å². The van der Waals surface area contributed by atoms with Gasteiger partial charge in [-0.2, -0.15) is 5.10 Å². The lowest BCUT2D eigenvalue weighted by Gasteiger charge is -2.19. The molecule has 3 atom stereocenters. The van der Waals surface area contributed by atoms with Crippen molar-refractivity contribution in [2.45, 2.75) is 38.1 Å². The molecule has 2 aromatic heterocycles. The molecule has 0 unspecified atom stereocenters. The van der Waals surface area contributed by atoms with Crippen LogP contribution in [-0.4, -0.2) is 21.6 Å². The number of nitrogens with zero attached hydrogens (tertiary/aromatic N) is 2. The van der Waals surface area contributed by atoms with E-state index in [2.05, 4.69) is 10.4 Å². The summed E-state index contributed by atoms with van der Waals surface area (Å²) in [5, 5.41) is 7.49. The largest absolute Gasteiger partial charge is 0.349 e. The molecule has 2 aliphatic carbocycles. The van der Waals surface area contributed by atoms with Crippen LogP contribution in [0.25, 0.3) is 5.52 Å². The first-order valence-electron chi connectivity index (χ1n) is 7.56. The van der Waals surface area contributed by atoms with E-state index < -0.39 is 0 Å². The molecule has 2 aliphatic rings. The second kappa shape index (κ2) is 4.62. The highest BCUT2D eigenvalue weighted by atomic mass is 16.1. The van der Waals surface area contributed by atoms with E-state index in [0.29, 0.717) is 17.5 Å². The fraction of sp³-hybridized carbons (Fsp3) is 0.500. The second-order valence-electron chi connectivity index (χ2n) is 6.10. The van der Waals surface area contributed by atoms with Crippen molar-refractivity contribution in [2.24, 2.45) is 11.8 Å². The van der Waals surface area contributed by atoms with Gasteiger partial charge in [0.1, 0.15) is 0 Å². The van der Waals surface area contributed by atoms with Gasteiger partial charge >= 0.3 is 0 Å². The van der Waals surface area contributed by atoms with E-state index in [9.17, 15) is 4.79 Å². The Bertz CT molecular complexity index is 648. The molecule has 0 saturated heterocycles. The van der Waals surface area contributed by atoms with E-state index in [4.69, 9.17) is 0 Å². The highest BCUT2D eigenvalue weighted by molar-refractivity contribution is 6.00. The minimum atomic E-state index is 0.0312. The zero-order valence-corrected chi connectivity index (χ0v) is 11.5. The van der Waals surface area contributed by atoms with Crippen molar-refractivity contribution in [3.8, 4) is 0 Å². The third-order valence-electron chi connectivity index (χ3n) is 5.07. The Kier molecular flexibility index (Phi) is 2.76. The number of rotatable bonds is 2. The van der Waals surface area contributed by atoms with Crippen LogP contribution in [0.2, 0.25) is 0 Å². The van der Waals surface area contributed by atoms with Gasteiger partial charge in [0, 0.05) is 12.2 Å². The molecule has 4 rings (SSSR count). The van der Waals surface area contributed by atoms with Crippen LogP contribution in [0.3, 0.4) is 0 Å². The molecule has 0 spiro atoms. The number of nitrogens with one attached hydrogen (secondary N) is 1. The lowest BCUT2D eigenvalue weighted by Crippen LogP contribution is -2.37. The Morgan fingerprint density at radius 2 is 2.20 bits per heavy atom. The van der Waals surface area contributed by atoms with Crippen LogP contribution < -0.4 is 5.32 Å². The monoisotopic (exact) mass is 269 g/mol. The number of hydrogen-bond donors (Lipinski definition) is 1. The number of amides is 1. The van der Waals surface area contributed by atoms with Crippen molar-refractivity contribution in [2.75, 3.05) is 0 Å². The fourth-order valence-electron chi connectivity index (χ4n) is 4.10. The van der Waals surface area contributed by atoms with Crippen molar-refractivity contribution in [3.63, 3.8) is 0 Å². The van der Waals surface area contributed by atoms with Gasteiger partial charge in [-0.3, -0.25) is 4.79 Å². The van der Waals surface area contributed by atoms with Crippen molar-refractivity contribution in [1.29, 1.82) is 0 Å². The number of aromatic nitrogens is 2. The third kappa shape index (κ3) is 1.82. The van der Waals surface area contributed by atoms with Gasteiger partial charge in [-0.15, -0.1) is 0 Å². The van der Waals surface area contributed by atoms with Gasteiger partial charge in [-0.25, -0.2) is 4.52 Å². The zero-order valence-electron chi connectivity index (χ0n) is 11.5. The number of hydrogen-bond acceptors (Lipinski definition) is 2. The van der Waals surface area contributed by atoms with E-state index in [1.54, 1.807) is 10.7 Å². The first kappa shape index (κ1) is 11.9. The highest BCUT2D eigenvalue weighted by Gasteiger charge is 2.39. The number of carbonyl (C=O) groups excluding carboxylic acids is 1. The minimum Gasteiger partial charge on any atom is -0.349 e. The van der Waals surface area contributed by atoms with Crippen LogP contribution in [0.1, 0.15) is 42.5 Å². The van der Waals surface area contributed by atoms with Gasteiger partial charge in [0.25, 0.3) is 5.91 Å². The Hall–Kier alpha value is -1.84. The smallest absolute Gasteiger partial charge is 0.255 e. The van der Waals surface area contributed by atoms with E-state index in [1.807, 2.05) is 24.4 Å². The maximum atomic E-state index is 12.5. The van der Waals surface area contributed by atoms with Crippen molar-refractivity contribution < 1.29 is 4.79 Å². The first-order valence-corrected chi connectivity index (χ1v) is 7.56. The molecule has 1 amide bonds. The van der Waals surface area contributed by atoms with E-state index in [0.717, 1.165) is 17.9 Å². The average Bonchev–Trinajstić information content (AvgIpc) is 3.14. The van der Waals surface area contributed by atoms with Gasteiger partial charge in [-0.1, -0.05) is 18.9 Å². The van der Waals surface area contributed by atoms with Gasteiger partial charge in [0.15, 0.2) is 0 Å². The number of carbonyl (C=O) groups is 1. The molecule has 4 heteroatoms. The summed E-state index contributed by atoms with van der Waals surface area (Å²) in [6, 6.07) is 6.17. The SMILES string of the molecule is O=C(N[C@@H]1CC[C@H]2CCC[C@H]21)c1cnn2ccccc12. The molecule has 4 nitrogen and oxygen atoms in total. The lowest BCUT2D eigenvalue weighted by molar-refractivity contribution is 0.0928. The molecule has 0 aromatic carbocycles. The van der Waals surface area contributed by atoms with E-state index in [-0.39, 0.29) is 5.91 Å². The molecule has 2 heterocycles. The van der Waals surface area contributed by atoms with Crippen LogP contribution in [0, 0.1) is 11.8 Å². The van der Waals surface area contributed by atoms with Crippen molar-refractivity contribution in [1.82, 2.24) is 14.9 Å². The minimum absolute atomic E-state index is 0.0312. The summed E-state index contributed by atoms with van der Waals surface area (Å²) in [5.41, 5.74) is 1.57. The van der Waals surface area contributed by atoms with Crippen LogP contribution in [0.5, 0.6) is 0 Å². The quantitative estimate of drug-likeness (QED) is 0.911. The summed E-state index contributed by atoms with van der Waals surface area (Å²) in [5.74, 6) is 1.59. The summed E-state index contributed by atoms with van der Waals surface area (Å²) in [6.07, 6.45) is 9.93. The summed E-state index contributed by atoms with van der Waals surface area (Å²) in [7, 11) is 0. The second-order valence-corrected chi connectivity index (χ2v) is 6.10. The maximum absolute atomic E-state index is 12.5. The molecule has 104 valence electrons. The summed E-state index contributed by atoms with van der Waals surface area (Å²) in [6.45, 7) is 0. The molecule has 2 aromatic rings. The van der Waals surface area contributed by atoms with Crippen LogP contribution in [0.4, 0.5) is 0 Å². The summed E-state index contributed by atoms with van der Waals surface area (Å²) < 4.78 is 1.75. The molecule has 0 bridgehead atoms. The Balaban J connectivity index is 1.56. The Morgan fingerprint density at radius 1 is 1.25 bits per heavy atom. The van der Waals surface area contributed by atoms with Gasteiger partial charge in [-0.05, 0) is 43.2 Å². The predicted molar refractivity (Wildman–Crippen MR) is 76.5 cm³/mol. The average molecular weight is 269 g/mol. The van der Waals surface area contributed by atoms with Crippen molar-refractivity contribution >= 4 is 11.4 Å². The van der Waals surface area contributed by atoms with Gasteiger partial charge < -0.3 is 5.32 Å². The maximum Gasteiger partial charge on any atom is 0.255 e. The fourth-order valence-corrected chi connectivity index (χ4v) is 4.10. The van der Waals surface area contributed by atoms with Crippen LogP contribution in [0.15, 0.2) is 30.6 Å².